The lowest BCUT2D eigenvalue weighted by Gasteiger charge is -2.15. The van der Waals surface area contributed by atoms with Gasteiger partial charge in [0.2, 0.25) is 0 Å². The quantitative estimate of drug-likeness (QED) is 0.0380. The SMILES string of the molecule is CC/C=C\C/C=C\C/C=C\C/C=C\C/C=C\C/C=C\C/C=C\CCCCCC(=O)OC(CO)COC(=O)CCCCCCCCCCCCCCCCCCC. The molecule has 0 aromatic heterocycles. The zero-order valence-corrected chi connectivity index (χ0v) is 36.4. The first-order valence-corrected chi connectivity index (χ1v) is 23.1. The number of ether oxygens (including phenoxy) is 2. The number of unbranched alkanes of at least 4 members (excludes halogenated alkanes) is 19. The van der Waals surface area contributed by atoms with Crippen LogP contribution in [0.3, 0.4) is 0 Å². The first kappa shape index (κ1) is 53.1. The highest BCUT2D eigenvalue weighted by atomic mass is 16.6. The van der Waals surface area contributed by atoms with Gasteiger partial charge in [0.15, 0.2) is 6.10 Å². The Morgan fingerprint density at radius 1 is 0.429 bits per heavy atom. The van der Waals surface area contributed by atoms with Crippen LogP contribution in [0.2, 0.25) is 0 Å². The third-order valence-corrected chi connectivity index (χ3v) is 9.70. The van der Waals surface area contributed by atoms with Crippen LogP contribution in [0.4, 0.5) is 0 Å². The van der Waals surface area contributed by atoms with Crippen molar-refractivity contribution in [1.29, 1.82) is 0 Å². The van der Waals surface area contributed by atoms with Crippen molar-refractivity contribution in [3.05, 3.63) is 85.1 Å². The lowest BCUT2D eigenvalue weighted by Crippen LogP contribution is -2.28. The molecular weight excluding hydrogens is 693 g/mol. The van der Waals surface area contributed by atoms with Crippen LogP contribution in [0.15, 0.2) is 85.1 Å². The molecule has 320 valence electrons. The smallest absolute Gasteiger partial charge is 0.306 e. The van der Waals surface area contributed by atoms with Gasteiger partial charge in [0, 0.05) is 12.8 Å². The summed E-state index contributed by atoms with van der Waals surface area (Å²) in [7, 11) is 0. The van der Waals surface area contributed by atoms with E-state index in [1.165, 1.54) is 89.9 Å². The van der Waals surface area contributed by atoms with Gasteiger partial charge in [-0.2, -0.15) is 0 Å². The number of carbonyl (C=O) groups is 2. The van der Waals surface area contributed by atoms with Gasteiger partial charge in [-0.25, -0.2) is 0 Å². The van der Waals surface area contributed by atoms with Crippen LogP contribution in [0.5, 0.6) is 0 Å². The highest BCUT2D eigenvalue weighted by Gasteiger charge is 2.16. The summed E-state index contributed by atoms with van der Waals surface area (Å²) in [6.45, 7) is 4.00. The Hall–Kier alpha value is -2.92. The lowest BCUT2D eigenvalue weighted by atomic mass is 10.0. The van der Waals surface area contributed by atoms with E-state index in [1.54, 1.807) is 0 Å². The van der Waals surface area contributed by atoms with Crippen molar-refractivity contribution in [1.82, 2.24) is 0 Å². The molecule has 1 atom stereocenters. The number of aliphatic hydroxyl groups excluding tert-OH is 1. The first-order chi connectivity index (χ1) is 27.6. The number of rotatable bonds is 41. The minimum Gasteiger partial charge on any atom is -0.462 e. The number of hydrogen-bond donors (Lipinski definition) is 1. The molecule has 1 N–H and O–H groups in total. The van der Waals surface area contributed by atoms with Crippen LogP contribution in [0, 0.1) is 0 Å². The highest BCUT2D eigenvalue weighted by Crippen LogP contribution is 2.15. The predicted octanol–water partition coefficient (Wildman–Crippen LogP) is 15.1. The maximum absolute atomic E-state index is 12.2. The number of esters is 2. The fourth-order valence-electron chi connectivity index (χ4n) is 6.24. The van der Waals surface area contributed by atoms with Crippen molar-refractivity contribution in [2.45, 2.75) is 213 Å². The van der Waals surface area contributed by atoms with Crippen molar-refractivity contribution in [2.24, 2.45) is 0 Å². The zero-order valence-electron chi connectivity index (χ0n) is 36.4. The molecule has 0 saturated carbocycles. The Kier molecular flexibility index (Phi) is 44.0. The molecule has 0 aliphatic carbocycles. The zero-order chi connectivity index (χ0) is 40.7. The average molecular weight is 779 g/mol. The number of carbonyl (C=O) groups excluding carboxylic acids is 2. The second-order valence-electron chi connectivity index (χ2n) is 15.1. The molecule has 5 heteroatoms. The van der Waals surface area contributed by atoms with Crippen LogP contribution in [-0.2, 0) is 19.1 Å². The summed E-state index contributed by atoms with van der Waals surface area (Å²) in [6.07, 6.45) is 63.7. The van der Waals surface area contributed by atoms with Crippen LogP contribution in [0.1, 0.15) is 206 Å². The molecule has 0 fully saturated rings. The number of allylic oxidation sites excluding steroid dienone is 14. The molecule has 0 rings (SSSR count). The van der Waals surface area contributed by atoms with Crippen LogP contribution in [0.25, 0.3) is 0 Å². The van der Waals surface area contributed by atoms with Gasteiger partial charge in [-0.3, -0.25) is 9.59 Å². The van der Waals surface area contributed by atoms with Crippen molar-refractivity contribution >= 4 is 11.9 Å². The Balaban J connectivity index is 3.64. The standard InChI is InChI=1S/C51H86O5/c1-3-5-7-9-11-13-15-17-19-21-22-23-24-25-26-27-28-30-32-34-36-38-40-42-44-46-51(54)56-49(47-52)48-55-50(53)45-43-41-39-37-35-33-31-29-20-18-16-14-12-10-8-6-4-2/h5,7,11,13,17,19,22-23,25-26,28,30,34,36,49,52H,3-4,6,8-10,12,14-16,18,20-21,24,27,29,31-33,35,37-48H2,1-2H3/b7-5-,13-11-,19-17-,23-22-,26-25-,30-28-,36-34-. The summed E-state index contributed by atoms with van der Waals surface area (Å²) in [6, 6.07) is 0. The molecule has 0 aromatic rings. The summed E-state index contributed by atoms with van der Waals surface area (Å²) in [4.78, 5) is 24.4. The molecule has 5 nitrogen and oxygen atoms in total. The Labute approximate surface area is 346 Å². The second-order valence-corrected chi connectivity index (χ2v) is 15.1. The largest absolute Gasteiger partial charge is 0.462 e. The molecule has 0 amide bonds. The van der Waals surface area contributed by atoms with Gasteiger partial charge in [0.25, 0.3) is 0 Å². The highest BCUT2D eigenvalue weighted by molar-refractivity contribution is 5.70. The van der Waals surface area contributed by atoms with E-state index in [0.717, 1.165) is 89.9 Å². The fourth-order valence-corrected chi connectivity index (χ4v) is 6.24. The van der Waals surface area contributed by atoms with Crippen molar-refractivity contribution in [3.63, 3.8) is 0 Å². The van der Waals surface area contributed by atoms with E-state index in [4.69, 9.17) is 9.47 Å². The summed E-state index contributed by atoms with van der Waals surface area (Å²) < 4.78 is 10.6. The Morgan fingerprint density at radius 2 is 0.768 bits per heavy atom. The summed E-state index contributed by atoms with van der Waals surface area (Å²) in [5.41, 5.74) is 0. The third-order valence-electron chi connectivity index (χ3n) is 9.70. The third kappa shape index (κ3) is 43.8. The van der Waals surface area contributed by atoms with Crippen molar-refractivity contribution in [2.75, 3.05) is 13.2 Å². The molecule has 0 bridgehead atoms. The van der Waals surface area contributed by atoms with Gasteiger partial charge in [-0.05, 0) is 70.6 Å². The topological polar surface area (TPSA) is 72.8 Å². The molecule has 0 aliphatic heterocycles. The van der Waals surface area contributed by atoms with Crippen LogP contribution >= 0.6 is 0 Å². The molecule has 0 aromatic carbocycles. The van der Waals surface area contributed by atoms with E-state index in [1.807, 2.05) is 0 Å². The first-order valence-electron chi connectivity index (χ1n) is 23.1. The molecule has 0 aliphatic rings. The maximum Gasteiger partial charge on any atom is 0.306 e. The molecule has 0 heterocycles. The fraction of sp³-hybridized carbons (Fsp3) is 0.686. The molecule has 0 spiro atoms. The summed E-state index contributed by atoms with van der Waals surface area (Å²) in [5, 5.41) is 9.59. The minimum absolute atomic E-state index is 0.0818. The van der Waals surface area contributed by atoms with Gasteiger partial charge in [-0.15, -0.1) is 0 Å². The van der Waals surface area contributed by atoms with Gasteiger partial charge in [-0.1, -0.05) is 208 Å². The van der Waals surface area contributed by atoms with Crippen molar-refractivity contribution in [3.8, 4) is 0 Å². The van der Waals surface area contributed by atoms with Gasteiger partial charge < -0.3 is 14.6 Å². The predicted molar refractivity (Wildman–Crippen MR) is 242 cm³/mol. The van der Waals surface area contributed by atoms with E-state index in [-0.39, 0.29) is 25.2 Å². The maximum atomic E-state index is 12.2. The Bertz CT molecular complexity index is 1060. The molecule has 56 heavy (non-hydrogen) atoms. The van der Waals surface area contributed by atoms with Crippen LogP contribution < -0.4 is 0 Å². The van der Waals surface area contributed by atoms with Crippen molar-refractivity contribution < 1.29 is 24.2 Å². The van der Waals surface area contributed by atoms with E-state index in [0.29, 0.717) is 12.8 Å². The lowest BCUT2D eigenvalue weighted by molar-refractivity contribution is -0.161. The van der Waals surface area contributed by atoms with E-state index >= 15 is 0 Å². The minimum atomic E-state index is -0.793. The Morgan fingerprint density at radius 3 is 1.16 bits per heavy atom. The number of aliphatic hydroxyl groups is 1. The summed E-state index contributed by atoms with van der Waals surface area (Å²) in [5.74, 6) is -0.629. The molecular formula is C51H86O5. The summed E-state index contributed by atoms with van der Waals surface area (Å²) >= 11 is 0. The second kappa shape index (κ2) is 46.5. The normalized spacial score (nSPS) is 13.0. The van der Waals surface area contributed by atoms with Gasteiger partial charge >= 0.3 is 11.9 Å². The van der Waals surface area contributed by atoms with Gasteiger partial charge in [0.1, 0.15) is 6.61 Å². The van der Waals surface area contributed by atoms with E-state index in [9.17, 15) is 14.7 Å². The molecule has 1 unspecified atom stereocenters. The molecule has 0 saturated heterocycles. The van der Waals surface area contributed by atoms with Gasteiger partial charge in [0.05, 0.1) is 6.61 Å². The monoisotopic (exact) mass is 779 g/mol. The average Bonchev–Trinajstić information content (AvgIpc) is 3.20. The number of hydrogen-bond acceptors (Lipinski definition) is 5. The van der Waals surface area contributed by atoms with E-state index in [2.05, 4.69) is 98.9 Å². The van der Waals surface area contributed by atoms with E-state index < -0.39 is 6.10 Å². The van der Waals surface area contributed by atoms with Crippen LogP contribution in [-0.4, -0.2) is 36.4 Å². The molecule has 0 radical (unpaired) electrons.